The third-order valence-electron chi connectivity index (χ3n) is 6.82. The molecule has 0 spiro atoms. The Morgan fingerprint density at radius 3 is 2.75 bits per heavy atom. The normalized spacial score (nSPS) is 22.8. The van der Waals surface area contributed by atoms with Crippen LogP contribution in [0.15, 0.2) is 30.5 Å². The van der Waals surface area contributed by atoms with Gasteiger partial charge < -0.3 is 10.6 Å². The lowest BCUT2D eigenvalue weighted by Crippen LogP contribution is -2.51. The summed E-state index contributed by atoms with van der Waals surface area (Å²) in [7, 11) is 0. The largest absolute Gasteiger partial charge is 0.317 e. The average molecular weight is 451 g/mol. The van der Waals surface area contributed by atoms with Crippen molar-refractivity contribution < 1.29 is 4.79 Å². The van der Waals surface area contributed by atoms with Gasteiger partial charge in [-0.2, -0.15) is 0 Å². The molecule has 1 aromatic carbocycles. The van der Waals surface area contributed by atoms with Crippen molar-refractivity contribution in [2.75, 3.05) is 25.0 Å². The van der Waals surface area contributed by atoms with Crippen LogP contribution in [0.25, 0.3) is 21.3 Å². The summed E-state index contributed by atoms with van der Waals surface area (Å²) in [4.78, 5) is 20.1. The Balaban J connectivity index is 1.26. The minimum atomic E-state index is 0.0381. The van der Waals surface area contributed by atoms with E-state index in [1.807, 2.05) is 31.3 Å². The summed E-state index contributed by atoms with van der Waals surface area (Å²) in [6.45, 7) is 7.43. The lowest BCUT2D eigenvalue weighted by atomic mass is 9.88. The minimum Gasteiger partial charge on any atom is -0.317 e. The van der Waals surface area contributed by atoms with Crippen molar-refractivity contribution in [1.82, 2.24) is 25.4 Å². The Kier molecular flexibility index (Phi) is 6.17. The number of nitrogens with one attached hydrogen (secondary N) is 2. The van der Waals surface area contributed by atoms with Crippen LogP contribution < -0.4 is 10.6 Å². The first-order chi connectivity index (χ1) is 15.6. The number of hydrogen-bond donors (Lipinski definition) is 2. The third-order valence-corrected chi connectivity index (χ3v) is 7.71. The highest BCUT2D eigenvalue weighted by atomic mass is 32.1. The average Bonchev–Trinajstić information content (AvgIpc) is 3.25. The van der Waals surface area contributed by atoms with E-state index in [1.165, 1.54) is 12.8 Å². The van der Waals surface area contributed by atoms with Gasteiger partial charge in [-0.1, -0.05) is 23.5 Å². The fraction of sp³-hybridized carbons (Fsp3) is 0.500. The Morgan fingerprint density at radius 2 is 2.00 bits per heavy atom. The summed E-state index contributed by atoms with van der Waals surface area (Å²) in [5, 5.41) is 18.8. The third kappa shape index (κ3) is 4.53. The van der Waals surface area contributed by atoms with Crippen LogP contribution in [-0.4, -0.2) is 57.7 Å². The Morgan fingerprint density at radius 1 is 1.16 bits per heavy atom. The lowest BCUT2D eigenvalue weighted by Gasteiger charge is -2.43. The molecule has 2 N–H and O–H groups in total. The number of aryl methyl sites for hydroxylation is 1. The molecule has 7 nitrogen and oxygen atoms in total. The molecule has 8 heteroatoms. The zero-order valence-corrected chi connectivity index (χ0v) is 19.5. The quantitative estimate of drug-likeness (QED) is 0.628. The molecule has 0 bridgehead atoms. The molecule has 5 rings (SSSR count). The number of carbonyl (C=O) groups is 1. The molecule has 2 saturated heterocycles. The van der Waals surface area contributed by atoms with Gasteiger partial charge in [0.1, 0.15) is 15.8 Å². The van der Waals surface area contributed by atoms with Gasteiger partial charge in [0, 0.05) is 35.1 Å². The van der Waals surface area contributed by atoms with E-state index in [2.05, 4.69) is 43.7 Å². The van der Waals surface area contributed by atoms with Crippen LogP contribution in [0.4, 0.5) is 5.82 Å². The molecule has 2 aliphatic rings. The SMILES string of the molecule is Cc1nnc(-c2ccc3cnc(NC(=O)C4CCN(C5CCNCC5)C(C)C4)cc3c2)s1. The predicted octanol–water partition coefficient (Wildman–Crippen LogP) is 3.85. The number of carbonyl (C=O) groups excluding carboxylic acids is 1. The highest BCUT2D eigenvalue weighted by Crippen LogP contribution is 2.30. The minimum absolute atomic E-state index is 0.0381. The first-order valence-corrected chi connectivity index (χ1v) is 12.4. The topological polar surface area (TPSA) is 83.0 Å². The molecule has 1 amide bonds. The van der Waals surface area contributed by atoms with Crippen molar-refractivity contribution in [3.05, 3.63) is 35.5 Å². The first-order valence-electron chi connectivity index (χ1n) is 11.5. The molecule has 2 aromatic heterocycles. The van der Waals surface area contributed by atoms with Gasteiger partial charge in [0.25, 0.3) is 0 Å². The van der Waals surface area contributed by atoms with Crippen molar-refractivity contribution >= 4 is 33.8 Å². The molecule has 0 aliphatic carbocycles. The Bertz CT molecular complexity index is 1110. The van der Waals surface area contributed by atoms with Crippen LogP contribution in [0, 0.1) is 12.8 Å². The van der Waals surface area contributed by atoms with Gasteiger partial charge in [0.15, 0.2) is 0 Å². The molecule has 4 heterocycles. The molecule has 3 aromatic rings. The van der Waals surface area contributed by atoms with Crippen molar-refractivity contribution in [3.8, 4) is 10.6 Å². The molecule has 0 saturated carbocycles. The number of likely N-dealkylation sites (tertiary alicyclic amines) is 1. The standard InChI is InChI=1S/C24H30N6OS/c1-15-11-17(7-10-30(15)21-5-8-25-9-6-21)23(31)27-22-13-20-12-18(3-4-19(20)14-26-22)24-29-28-16(2)32-24/h3-4,12-15,17,21,25H,5-11H2,1-2H3,(H,26,27,31). The molecule has 0 radical (unpaired) electrons. The van der Waals surface area contributed by atoms with E-state index in [4.69, 9.17) is 0 Å². The number of anilines is 1. The highest BCUT2D eigenvalue weighted by molar-refractivity contribution is 7.14. The van der Waals surface area contributed by atoms with Crippen molar-refractivity contribution in [1.29, 1.82) is 0 Å². The van der Waals surface area contributed by atoms with E-state index >= 15 is 0 Å². The van der Waals surface area contributed by atoms with Crippen molar-refractivity contribution in [2.45, 2.75) is 51.6 Å². The molecule has 2 atom stereocenters. The summed E-state index contributed by atoms with van der Waals surface area (Å²) >= 11 is 1.58. The number of nitrogens with zero attached hydrogens (tertiary/aromatic N) is 4. The monoisotopic (exact) mass is 450 g/mol. The number of hydrogen-bond acceptors (Lipinski definition) is 7. The van der Waals surface area contributed by atoms with E-state index in [9.17, 15) is 4.79 Å². The van der Waals surface area contributed by atoms with Crippen LogP contribution in [0.5, 0.6) is 0 Å². The lowest BCUT2D eigenvalue weighted by molar-refractivity contribution is -0.122. The number of aromatic nitrogens is 3. The first kappa shape index (κ1) is 21.4. The molecule has 2 fully saturated rings. The zero-order valence-electron chi connectivity index (χ0n) is 18.7. The second kappa shape index (κ2) is 9.21. The van der Waals surface area contributed by atoms with E-state index in [-0.39, 0.29) is 11.8 Å². The van der Waals surface area contributed by atoms with Crippen LogP contribution >= 0.6 is 11.3 Å². The van der Waals surface area contributed by atoms with Gasteiger partial charge in [-0.05, 0) is 76.7 Å². The number of amides is 1. The second-order valence-corrected chi connectivity index (χ2v) is 10.2. The van der Waals surface area contributed by atoms with Gasteiger partial charge in [-0.3, -0.25) is 9.69 Å². The van der Waals surface area contributed by atoms with Gasteiger partial charge in [-0.25, -0.2) is 4.98 Å². The summed E-state index contributed by atoms with van der Waals surface area (Å²) in [6, 6.07) is 9.22. The predicted molar refractivity (Wildman–Crippen MR) is 129 cm³/mol. The Labute approximate surface area is 192 Å². The molecule has 2 aliphatic heterocycles. The number of piperidine rings is 2. The number of fused-ring (bicyclic) bond motifs is 1. The molecular weight excluding hydrogens is 420 g/mol. The van der Waals surface area contributed by atoms with Gasteiger partial charge in [0.05, 0.1) is 0 Å². The van der Waals surface area contributed by atoms with Crippen molar-refractivity contribution in [2.24, 2.45) is 5.92 Å². The second-order valence-electron chi connectivity index (χ2n) is 9.04. The fourth-order valence-corrected chi connectivity index (χ4v) is 5.78. The van der Waals surface area contributed by atoms with Crippen molar-refractivity contribution in [3.63, 3.8) is 0 Å². The maximum Gasteiger partial charge on any atom is 0.228 e. The van der Waals surface area contributed by atoms with Gasteiger partial charge in [-0.15, -0.1) is 10.2 Å². The molecule has 32 heavy (non-hydrogen) atoms. The smallest absolute Gasteiger partial charge is 0.228 e. The van der Waals surface area contributed by atoms with Gasteiger partial charge >= 0.3 is 0 Å². The van der Waals surface area contributed by atoms with Crippen LogP contribution in [-0.2, 0) is 4.79 Å². The maximum atomic E-state index is 13.0. The number of rotatable bonds is 4. The Hall–Kier alpha value is -2.42. The van der Waals surface area contributed by atoms with E-state index in [0.29, 0.717) is 17.9 Å². The summed E-state index contributed by atoms with van der Waals surface area (Å²) in [5.74, 6) is 0.738. The summed E-state index contributed by atoms with van der Waals surface area (Å²) in [5.41, 5.74) is 1.03. The number of benzene rings is 1. The van der Waals surface area contributed by atoms with Gasteiger partial charge in [0.2, 0.25) is 5.91 Å². The fourth-order valence-electron chi connectivity index (χ4n) is 5.09. The maximum absolute atomic E-state index is 13.0. The van der Waals surface area contributed by atoms with E-state index in [0.717, 1.165) is 58.8 Å². The van der Waals surface area contributed by atoms with E-state index < -0.39 is 0 Å². The van der Waals surface area contributed by atoms with Crippen LogP contribution in [0.1, 0.15) is 37.6 Å². The van der Waals surface area contributed by atoms with Crippen LogP contribution in [0.2, 0.25) is 0 Å². The summed E-state index contributed by atoms with van der Waals surface area (Å²) < 4.78 is 0. The number of pyridine rings is 1. The zero-order chi connectivity index (χ0) is 22.1. The van der Waals surface area contributed by atoms with Crippen LogP contribution in [0.3, 0.4) is 0 Å². The van der Waals surface area contributed by atoms with E-state index in [1.54, 1.807) is 11.3 Å². The summed E-state index contributed by atoms with van der Waals surface area (Å²) in [6.07, 6.45) is 6.06. The molecular formula is C24H30N6OS. The highest BCUT2D eigenvalue weighted by Gasteiger charge is 2.34. The molecule has 168 valence electrons. The molecule has 2 unspecified atom stereocenters.